The molecule has 0 radical (unpaired) electrons. The maximum atomic E-state index is 12.8. The third kappa shape index (κ3) is 4.52. The number of imidazole rings is 1. The number of aliphatic carboxylic acids is 2. The first-order valence-electron chi connectivity index (χ1n) is 8.88. The summed E-state index contributed by atoms with van der Waals surface area (Å²) in [6.45, 7) is 3.27. The zero-order chi connectivity index (χ0) is 21.0. The number of carbonyl (C=O) groups is 3. The third-order valence-corrected chi connectivity index (χ3v) is 4.56. The van der Waals surface area contributed by atoms with Gasteiger partial charge >= 0.3 is 11.9 Å². The Morgan fingerprint density at radius 1 is 1.21 bits per heavy atom. The van der Waals surface area contributed by atoms with Crippen LogP contribution in [0, 0.1) is 6.92 Å². The number of fused-ring (bicyclic) bond motifs is 3. The molecule has 150 valence electrons. The molecule has 4 rings (SSSR count). The third-order valence-electron chi connectivity index (χ3n) is 4.56. The Bertz CT molecular complexity index is 1080. The van der Waals surface area contributed by atoms with E-state index in [1.165, 1.54) is 0 Å². The van der Waals surface area contributed by atoms with Gasteiger partial charge in [-0.25, -0.2) is 14.6 Å². The Balaban J connectivity index is 0.000000258. The summed E-state index contributed by atoms with van der Waals surface area (Å²) in [4.78, 5) is 44.5. The summed E-state index contributed by atoms with van der Waals surface area (Å²) >= 11 is 0. The van der Waals surface area contributed by atoms with Crippen LogP contribution in [0.5, 0.6) is 0 Å². The van der Waals surface area contributed by atoms with Crippen LogP contribution in [0.3, 0.4) is 0 Å². The van der Waals surface area contributed by atoms with E-state index in [1.807, 2.05) is 36.1 Å². The van der Waals surface area contributed by atoms with E-state index >= 15 is 0 Å². The zero-order valence-corrected chi connectivity index (χ0v) is 15.7. The number of rotatable bonds is 4. The quantitative estimate of drug-likeness (QED) is 0.498. The van der Waals surface area contributed by atoms with Gasteiger partial charge in [0.1, 0.15) is 0 Å². The number of aromatic amines is 2. The number of hydrogen-bond acceptors (Lipinski definition) is 4. The molecule has 0 fully saturated rings. The summed E-state index contributed by atoms with van der Waals surface area (Å²) in [5.74, 6) is -2.42. The van der Waals surface area contributed by atoms with E-state index in [9.17, 15) is 14.4 Å². The summed E-state index contributed by atoms with van der Waals surface area (Å²) in [5, 5.41) is 16.6. The van der Waals surface area contributed by atoms with Crippen LogP contribution in [0.15, 0.2) is 42.7 Å². The van der Waals surface area contributed by atoms with Crippen LogP contribution in [-0.4, -0.2) is 54.5 Å². The Hall–Kier alpha value is -3.88. The molecule has 29 heavy (non-hydrogen) atoms. The molecule has 3 aromatic rings. The maximum absolute atomic E-state index is 12.8. The molecule has 1 aliphatic heterocycles. The molecule has 1 aromatic carbocycles. The molecular weight excluding hydrogens is 376 g/mol. The van der Waals surface area contributed by atoms with Gasteiger partial charge < -0.3 is 25.1 Å². The molecule has 1 aliphatic rings. The first-order chi connectivity index (χ1) is 13.9. The van der Waals surface area contributed by atoms with E-state index in [0.29, 0.717) is 18.7 Å². The van der Waals surface area contributed by atoms with Gasteiger partial charge in [0, 0.05) is 47.4 Å². The van der Waals surface area contributed by atoms with Gasteiger partial charge in [-0.3, -0.25) is 4.79 Å². The van der Waals surface area contributed by atoms with Crippen LogP contribution in [0.4, 0.5) is 0 Å². The fraction of sp³-hybridized carbons (Fsp3) is 0.200. The summed E-state index contributed by atoms with van der Waals surface area (Å²) in [6, 6.07) is 7.98. The van der Waals surface area contributed by atoms with Gasteiger partial charge in [0.15, 0.2) is 0 Å². The number of aromatic nitrogens is 3. The molecule has 0 atom stereocenters. The Labute approximate surface area is 165 Å². The molecule has 1 amide bonds. The normalized spacial score (nSPS) is 13.3. The maximum Gasteiger partial charge on any atom is 0.328 e. The first kappa shape index (κ1) is 19.9. The number of benzene rings is 1. The van der Waals surface area contributed by atoms with Gasteiger partial charge in [0.05, 0.1) is 24.1 Å². The lowest BCUT2D eigenvalue weighted by molar-refractivity contribution is -0.134. The van der Waals surface area contributed by atoms with E-state index in [4.69, 9.17) is 10.2 Å². The molecule has 9 nitrogen and oxygen atoms in total. The van der Waals surface area contributed by atoms with Crippen molar-refractivity contribution in [3.8, 4) is 0 Å². The fourth-order valence-corrected chi connectivity index (χ4v) is 3.16. The minimum Gasteiger partial charge on any atom is -0.478 e. The predicted octanol–water partition coefficient (Wildman–Crippen LogP) is 2.11. The number of carboxylic acids is 2. The molecule has 0 saturated carbocycles. The summed E-state index contributed by atoms with van der Waals surface area (Å²) < 4.78 is 0. The van der Waals surface area contributed by atoms with Crippen molar-refractivity contribution in [3.63, 3.8) is 0 Å². The van der Waals surface area contributed by atoms with Crippen LogP contribution < -0.4 is 0 Å². The highest BCUT2D eigenvalue weighted by molar-refractivity contribution is 6.08. The molecule has 0 unspecified atom stereocenters. The van der Waals surface area contributed by atoms with Gasteiger partial charge in [-0.05, 0) is 13.0 Å². The van der Waals surface area contributed by atoms with Crippen molar-refractivity contribution >= 4 is 28.7 Å². The van der Waals surface area contributed by atoms with Gasteiger partial charge in [0.25, 0.3) is 5.91 Å². The van der Waals surface area contributed by atoms with E-state index in [-0.39, 0.29) is 5.91 Å². The second-order valence-corrected chi connectivity index (χ2v) is 6.48. The van der Waals surface area contributed by atoms with Crippen LogP contribution >= 0.6 is 0 Å². The van der Waals surface area contributed by atoms with Crippen LogP contribution in [0.1, 0.15) is 27.4 Å². The highest BCUT2D eigenvalue weighted by atomic mass is 16.4. The van der Waals surface area contributed by atoms with E-state index in [2.05, 4.69) is 15.0 Å². The molecule has 4 N–H and O–H groups in total. The highest BCUT2D eigenvalue weighted by Crippen LogP contribution is 2.28. The second-order valence-electron chi connectivity index (χ2n) is 6.48. The van der Waals surface area contributed by atoms with Crippen LogP contribution in [0.25, 0.3) is 10.9 Å². The van der Waals surface area contributed by atoms with Crippen LogP contribution in [-0.2, 0) is 22.6 Å². The molecule has 0 saturated heterocycles. The van der Waals surface area contributed by atoms with Gasteiger partial charge in [-0.2, -0.15) is 0 Å². The monoisotopic (exact) mass is 396 g/mol. The van der Waals surface area contributed by atoms with Crippen LogP contribution in [0.2, 0.25) is 0 Å². The van der Waals surface area contributed by atoms with Crippen molar-refractivity contribution in [2.75, 3.05) is 6.54 Å². The Morgan fingerprint density at radius 3 is 2.52 bits per heavy atom. The number of carbonyl (C=O) groups excluding carboxylic acids is 1. The first-order valence-corrected chi connectivity index (χ1v) is 8.88. The van der Waals surface area contributed by atoms with E-state index in [0.717, 1.165) is 46.5 Å². The number of hydrogen-bond donors (Lipinski definition) is 4. The molecule has 3 heterocycles. The lowest BCUT2D eigenvalue weighted by atomic mass is 10.0. The Morgan fingerprint density at radius 2 is 1.90 bits per heavy atom. The van der Waals surface area contributed by atoms with E-state index in [1.54, 1.807) is 6.33 Å². The standard InChI is InChI=1S/C16H16N4O.C4H4O4/c1-10-14(18-9-17-10)8-20-7-6-13-15(16(20)21)11-4-2-3-5-12(11)19-13;5-3(6)1-2-4(7)8/h2-5,9,19H,6-8H2,1H3,(H,17,18);1-2H,(H,5,6)(H,7,8)/b;2-1-. The molecule has 0 bridgehead atoms. The Kier molecular flexibility index (Phi) is 5.77. The average molecular weight is 396 g/mol. The predicted molar refractivity (Wildman–Crippen MR) is 104 cm³/mol. The molecule has 2 aromatic heterocycles. The highest BCUT2D eigenvalue weighted by Gasteiger charge is 2.28. The largest absolute Gasteiger partial charge is 0.478 e. The number of carboxylic acid groups (broad SMARTS) is 2. The van der Waals surface area contributed by atoms with Crippen molar-refractivity contribution in [2.24, 2.45) is 0 Å². The number of H-pyrrole nitrogens is 2. The average Bonchev–Trinajstić information content (AvgIpc) is 3.26. The molecule has 9 heteroatoms. The SMILES string of the molecule is Cc1[nH]cnc1CN1CCc2[nH]c3ccccc3c2C1=O.O=C(O)/C=C\C(=O)O. The number of para-hydroxylation sites is 1. The molecular formula is C20H20N4O5. The van der Waals surface area contributed by atoms with Gasteiger partial charge in [-0.15, -0.1) is 0 Å². The number of aryl methyl sites for hydroxylation is 1. The van der Waals surface area contributed by atoms with Crippen molar-refractivity contribution in [3.05, 3.63) is 65.4 Å². The smallest absolute Gasteiger partial charge is 0.328 e. The summed E-state index contributed by atoms with van der Waals surface area (Å²) in [5.41, 5.74) is 4.87. The molecule has 0 spiro atoms. The topological polar surface area (TPSA) is 139 Å². The second kappa shape index (κ2) is 8.42. The van der Waals surface area contributed by atoms with Crippen molar-refractivity contribution in [2.45, 2.75) is 19.9 Å². The van der Waals surface area contributed by atoms with Crippen molar-refractivity contribution < 1.29 is 24.6 Å². The van der Waals surface area contributed by atoms with Gasteiger partial charge in [-0.1, -0.05) is 18.2 Å². The molecule has 0 aliphatic carbocycles. The minimum absolute atomic E-state index is 0.0936. The van der Waals surface area contributed by atoms with Crippen molar-refractivity contribution in [1.29, 1.82) is 0 Å². The minimum atomic E-state index is -1.26. The lowest BCUT2D eigenvalue weighted by Crippen LogP contribution is -2.37. The van der Waals surface area contributed by atoms with E-state index < -0.39 is 11.9 Å². The number of nitrogens with zero attached hydrogens (tertiary/aromatic N) is 2. The van der Waals surface area contributed by atoms with Gasteiger partial charge in [0.2, 0.25) is 0 Å². The number of nitrogens with one attached hydrogen (secondary N) is 2. The summed E-state index contributed by atoms with van der Waals surface area (Å²) in [6.07, 6.45) is 3.65. The number of amides is 1. The van der Waals surface area contributed by atoms with Crippen molar-refractivity contribution in [1.82, 2.24) is 19.9 Å². The summed E-state index contributed by atoms with van der Waals surface area (Å²) in [7, 11) is 0. The zero-order valence-electron chi connectivity index (χ0n) is 15.7. The lowest BCUT2D eigenvalue weighted by Gasteiger charge is -2.26. The fourth-order valence-electron chi connectivity index (χ4n) is 3.16.